The second-order valence-corrected chi connectivity index (χ2v) is 5.18. The Labute approximate surface area is 123 Å². The molecule has 0 unspecified atom stereocenters. The van der Waals surface area contributed by atoms with E-state index >= 15 is 0 Å². The van der Waals surface area contributed by atoms with Crippen LogP contribution < -0.4 is 10.6 Å². The molecule has 1 aliphatic rings. The first-order valence-electron chi connectivity index (χ1n) is 7.16. The van der Waals surface area contributed by atoms with Gasteiger partial charge in [0.2, 0.25) is 0 Å². The maximum absolute atomic E-state index is 12.1. The molecule has 1 amide bonds. The van der Waals surface area contributed by atoms with Crippen LogP contribution in [-0.2, 0) is 4.79 Å². The van der Waals surface area contributed by atoms with Crippen LogP contribution in [0.5, 0.6) is 0 Å². The first kappa shape index (κ1) is 15.5. The molecule has 0 spiro atoms. The summed E-state index contributed by atoms with van der Waals surface area (Å²) in [7, 11) is 0. The summed E-state index contributed by atoms with van der Waals surface area (Å²) < 4.78 is 1.98. The number of carbonyl (C=O) groups is 2. The van der Waals surface area contributed by atoms with Crippen LogP contribution in [0, 0.1) is 0 Å². The second-order valence-electron chi connectivity index (χ2n) is 5.18. The molecule has 2 rings (SSSR count). The Hall–Kier alpha value is -1.86. The molecule has 0 aliphatic carbocycles. The molecular formula is C14H21N3O4. The van der Waals surface area contributed by atoms with Gasteiger partial charge < -0.3 is 25.4 Å². The Bertz CT molecular complexity index is 494. The molecule has 2 heterocycles. The molecule has 0 radical (unpaired) electrons. The molecule has 116 valence electrons. The van der Waals surface area contributed by atoms with E-state index in [1.165, 1.54) is 0 Å². The molecule has 1 atom stereocenters. The Morgan fingerprint density at radius 1 is 1.43 bits per heavy atom. The lowest BCUT2D eigenvalue weighted by Crippen LogP contribution is -2.34. The van der Waals surface area contributed by atoms with Crippen molar-refractivity contribution < 1.29 is 19.8 Å². The first-order chi connectivity index (χ1) is 10.1. The lowest BCUT2D eigenvalue weighted by molar-refractivity contribution is -0.146. The van der Waals surface area contributed by atoms with Gasteiger partial charge in [0.25, 0.3) is 5.91 Å². The van der Waals surface area contributed by atoms with Crippen molar-refractivity contribution in [2.45, 2.75) is 31.4 Å². The van der Waals surface area contributed by atoms with Crippen molar-refractivity contribution in [1.82, 2.24) is 15.2 Å². The van der Waals surface area contributed by atoms with Gasteiger partial charge in [-0.3, -0.25) is 4.79 Å². The Balaban J connectivity index is 1.90. The molecule has 1 saturated heterocycles. The van der Waals surface area contributed by atoms with Gasteiger partial charge in [0, 0.05) is 25.2 Å². The van der Waals surface area contributed by atoms with E-state index in [4.69, 9.17) is 10.2 Å². The topological polar surface area (TPSA) is 104 Å². The van der Waals surface area contributed by atoms with Crippen LogP contribution in [-0.4, -0.2) is 52.4 Å². The summed E-state index contributed by atoms with van der Waals surface area (Å²) in [6, 6.07) is 3.90. The lowest BCUT2D eigenvalue weighted by atomic mass is 10.1. The number of hydrogen-bond donors (Lipinski definition) is 4. The molecule has 1 fully saturated rings. The van der Waals surface area contributed by atoms with Gasteiger partial charge in [-0.05, 0) is 38.1 Å². The second kappa shape index (κ2) is 7.24. The minimum absolute atomic E-state index is 0.00483. The zero-order valence-corrected chi connectivity index (χ0v) is 11.8. The third kappa shape index (κ3) is 4.05. The standard InChI is InChI=1S/C14H21N3O4/c18-12(14(20)21)5-8-16-13(19)11-2-1-9-17(11)10-3-6-15-7-4-10/h1-2,9-10,12,15,18H,3-8H2,(H,16,19)(H,20,21)/t12-/m0/s1. The number of nitrogens with one attached hydrogen (secondary N) is 2. The van der Waals surface area contributed by atoms with Gasteiger partial charge >= 0.3 is 5.97 Å². The smallest absolute Gasteiger partial charge is 0.332 e. The van der Waals surface area contributed by atoms with E-state index in [-0.39, 0.29) is 18.9 Å². The fourth-order valence-corrected chi connectivity index (χ4v) is 2.53. The molecule has 0 saturated carbocycles. The average molecular weight is 295 g/mol. The van der Waals surface area contributed by atoms with Gasteiger partial charge in [0.05, 0.1) is 0 Å². The van der Waals surface area contributed by atoms with E-state index in [1.54, 1.807) is 6.07 Å². The van der Waals surface area contributed by atoms with E-state index in [9.17, 15) is 9.59 Å². The number of rotatable bonds is 6. The number of carboxylic acids is 1. The van der Waals surface area contributed by atoms with Crippen molar-refractivity contribution in [2.75, 3.05) is 19.6 Å². The molecule has 1 aromatic rings. The fourth-order valence-electron chi connectivity index (χ4n) is 2.53. The maximum Gasteiger partial charge on any atom is 0.332 e. The number of aliphatic hydroxyl groups excluding tert-OH is 1. The van der Waals surface area contributed by atoms with Gasteiger partial charge in [0.15, 0.2) is 6.10 Å². The van der Waals surface area contributed by atoms with Crippen LogP contribution in [0.15, 0.2) is 18.3 Å². The fraction of sp³-hybridized carbons (Fsp3) is 0.571. The summed E-state index contributed by atoms with van der Waals surface area (Å²) >= 11 is 0. The summed E-state index contributed by atoms with van der Waals surface area (Å²) in [5.41, 5.74) is 0.576. The monoisotopic (exact) mass is 295 g/mol. The van der Waals surface area contributed by atoms with E-state index in [0.29, 0.717) is 11.7 Å². The predicted molar refractivity (Wildman–Crippen MR) is 76.2 cm³/mol. The van der Waals surface area contributed by atoms with Crippen molar-refractivity contribution >= 4 is 11.9 Å². The SMILES string of the molecule is O=C(NCC[C@H](O)C(=O)O)c1cccn1C1CCNCC1. The lowest BCUT2D eigenvalue weighted by Gasteiger charge is -2.25. The van der Waals surface area contributed by atoms with Crippen LogP contribution in [0.3, 0.4) is 0 Å². The number of aromatic nitrogens is 1. The van der Waals surface area contributed by atoms with E-state index in [2.05, 4.69) is 10.6 Å². The van der Waals surface area contributed by atoms with Crippen LogP contribution in [0.4, 0.5) is 0 Å². The van der Waals surface area contributed by atoms with Gasteiger partial charge in [-0.15, -0.1) is 0 Å². The minimum atomic E-state index is -1.44. The van der Waals surface area contributed by atoms with Crippen molar-refractivity contribution in [3.63, 3.8) is 0 Å². The highest BCUT2D eigenvalue weighted by atomic mass is 16.4. The zero-order valence-electron chi connectivity index (χ0n) is 11.8. The summed E-state index contributed by atoms with van der Waals surface area (Å²) in [5.74, 6) is -1.52. The Morgan fingerprint density at radius 2 is 2.14 bits per heavy atom. The molecule has 7 heteroatoms. The minimum Gasteiger partial charge on any atom is -0.479 e. The number of carboxylic acid groups (broad SMARTS) is 1. The highest BCUT2D eigenvalue weighted by Crippen LogP contribution is 2.21. The average Bonchev–Trinajstić information content (AvgIpc) is 2.97. The van der Waals surface area contributed by atoms with Crippen molar-refractivity contribution in [3.8, 4) is 0 Å². The normalized spacial score (nSPS) is 17.4. The van der Waals surface area contributed by atoms with Crippen LogP contribution in [0.1, 0.15) is 35.8 Å². The highest BCUT2D eigenvalue weighted by molar-refractivity contribution is 5.92. The van der Waals surface area contributed by atoms with E-state index in [1.807, 2.05) is 16.8 Å². The van der Waals surface area contributed by atoms with Gasteiger partial charge in [-0.25, -0.2) is 4.79 Å². The van der Waals surface area contributed by atoms with Crippen molar-refractivity contribution in [1.29, 1.82) is 0 Å². The third-order valence-electron chi connectivity index (χ3n) is 3.70. The van der Waals surface area contributed by atoms with Crippen LogP contribution in [0.2, 0.25) is 0 Å². The van der Waals surface area contributed by atoms with Gasteiger partial charge in [0.1, 0.15) is 5.69 Å². The molecule has 0 aromatic carbocycles. The summed E-state index contributed by atoms with van der Waals surface area (Å²) in [5, 5.41) is 23.7. The summed E-state index contributed by atoms with van der Waals surface area (Å²) in [6.45, 7) is 2.01. The van der Waals surface area contributed by atoms with Crippen LogP contribution in [0.25, 0.3) is 0 Å². The predicted octanol–water partition coefficient (Wildman–Crippen LogP) is -0.0220. The third-order valence-corrected chi connectivity index (χ3v) is 3.70. The summed E-state index contributed by atoms with van der Waals surface area (Å²) in [6.07, 6.45) is 2.41. The maximum atomic E-state index is 12.1. The molecule has 1 aromatic heterocycles. The Kier molecular flexibility index (Phi) is 5.35. The molecule has 7 nitrogen and oxygen atoms in total. The largest absolute Gasteiger partial charge is 0.479 e. The highest BCUT2D eigenvalue weighted by Gasteiger charge is 2.20. The number of piperidine rings is 1. The molecule has 1 aliphatic heterocycles. The number of nitrogens with zero attached hydrogens (tertiary/aromatic N) is 1. The number of amides is 1. The number of carbonyl (C=O) groups excluding carboxylic acids is 1. The number of aliphatic carboxylic acids is 1. The summed E-state index contributed by atoms with van der Waals surface area (Å²) in [4.78, 5) is 22.6. The molecular weight excluding hydrogens is 274 g/mol. The molecule has 0 bridgehead atoms. The molecule has 21 heavy (non-hydrogen) atoms. The van der Waals surface area contributed by atoms with Crippen LogP contribution >= 0.6 is 0 Å². The van der Waals surface area contributed by atoms with Crippen molar-refractivity contribution in [3.05, 3.63) is 24.0 Å². The van der Waals surface area contributed by atoms with E-state index < -0.39 is 12.1 Å². The van der Waals surface area contributed by atoms with E-state index in [0.717, 1.165) is 25.9 Å². The molecule has 4 N–H and O–H groups in total. The van der Waals surface area contributed by atoms with Gasteiger partial charge in [-0.1, -0.05) is 0 Å². The number of aliphatic hydroxyl groups is 1. The van der Waals surface area contributed by atoms with Crippen molar-refractivity contribution in [2.24, 2.45) is 0 Å². The quantitative estimate of drug-likeness (QED) is 0.590. The first-order valence-corrected chi connectivity index (χ1v) is 7.16. The number of hydrogen-bond acceptors (Lipinski definition) is 4. The van der Waals surface area contributed by atoms with Gasteiger partial charge in [-0.2, -0.15) is 0 Å². The Morgan fingerprint density at radius 3 is 2.81 bits per heavy atom. The zero-order chi connectivity index (χ0) is 15.2.